The molecule has 0 aliphatic rings. The molecule has 0 aliphatic carbocycles. The van der Waals surface area contributed by atoms with Crippen LogP contribution in [0.2, 0.25) is 0 Å². The first-order valence-electron chi connectivity index (χ1n) is 6.41. The van der Waals surface area contributed by atoms with E-state index in [2.05, 4.69) is 9.97 Å². The predicted octanol–water partition coefficient (Wildman–Crippen LogP) is 1.46. The number of anilines is 1. The van der Waals surface area contributed by atoms with Crippen LogP contribution in [0.15, 0.2) is 36.7 Å². The molecule has 8 heteroatoms. The fourth-order valence-corrected chi connectivity index (χ4v) is 2.79. The summed E-state index contributed by atoms with van der Waals surface area (Å²) >= 11 is 0. The van der Waals surface area contributed by atoms with Crippen molar-refractivity contribution < 1.29 is 17.9 Å². The van der Waals surface area contributed by atoms with Crippen LogP contribution in [0.4, 0.5) is 5.69 Å². The second-order valence-corrected chi connectivity index (χ2v) is 6.41. The molecular weight excluding hydrogens is 306 g/mol. The van der Waals surface area contributed by atoms with Crippen molar-refractivity contribution in [1.82, 2.24) is 9.97 Å². The Balaban J connectivity index is 2.38. The minimum atomic E-state index is -3.49. The summed E-state index contributed by atoms with van der Waals surface area (Å²) in [5.74, 6) is 0.800. The van der Waals surface area contributed by atoms with Crippen LogP contribution in [0.25, 0.3) is 0 Å². The van der Waals surface area contributed by atoms with Crippen molar-refractivity contribution in [3.63, 3.8) is 0 Å². The van der Waals surface area contributed by atoms with Crippen LogP contribution in [-0.2, 0) is 16.6 Å². The lowest BCUT2D eigenvalue weighted by molar-refractivity contribution is 0.392. The van der Waals surface area contributed by atoms with E-state index in [-0.39, 0.29) is 6.54 Å². The van der Waals surface area contributed by atoms with Gasteiger partial charge in [0.15, 0.2) is 0 Å². The monoisotopic (exact) mass is 323 g/mol. The highest BCUT2D eigenvalue weighted by molar-refractivity contribution is 7.92. The number of rotatable bonds is 6. The summed E-state index contributed by atoms with van der Waals surface area (Å²) < 4.78 is 35.6. The zero-order chi connectivity index (χ0) is 16.2. The number of hydrogen-bond donors (Lipinski definition) is 0. The molecule has 0 saturated heterocycles. The van der Waals surface area contributed by atoms with Gasteiger partial charge in [0.25, 0.3) is 0 Å². The van der Waals surface area contributed by atoms with E-state index < -0.39 is 10.0 Å². The van der Waals surface area contributed by atoms with E-state index in [1.165, 1.54) is 24.7 Å². The molecule has 2 aromatic rings. The van der Waals surface area contributed by atoms with Crippen LogP contribution < -0.4 is 13.8 Å². The minimum Gasteiger partial charge on any atom is -0.481 e. The summed E-state index contributed by atoms with van der Waals surface area (Å²) in [5, 5.41) is 0. The van der Waals surface area contributed by atoms with E-state index in [1.54, 1.807) is 30.5 Å². The number of nitrogens with zero attached hydrogens (tertiary/aromatic N) is 3. The highest BCUT2D eigenvalue weighted by atomic mass is 32.2. The maximum atomic E-state index is 12.1. The van der Waals surface area contributed by atoms with E-state index in [1.807, 2.05) is 0 Å². The van der Waals surface area contributed by atoms with Crippen LogP contribution in [0, 0.1) is 0 Å². The van der Waals surface area contributed by atoms with Gasteiger partial charge in [-0.25, -0.2) is 18.4 Å². The van der Waals surface area contributed by atoms with Gasteiger partial charge in [0.2, 0.25) is 21.8 Å². The predicted molar refractivity (Wildman–Crippen MR) is 82.6 cm³/mol. The molecule has 0 amide bonds. The Morgan fingerprint density at radius 2 is 1.91 bits per heavy atom. The fourth-order valence-electron chi connectivity index (χ4n) is 1.92. The Labute approximate surface area is 129 Å². The van der Waals surface area contributed by atoms with E-state index in [0.717, 1.165) is 6.26 Å². The second kappa shape index (κ2) is 6.61. The van der Waals surface area contributed by atoms with Gasteiger partial charge in [-0.05, 0) is 12.1 Å². The lowest BCUT2D eigenvalue weighted by atomic mass is 10.2. The van der Waals surface area contributed by atoms with Gasteiger partial charge < -0.3 is 9.47 Å². The van der Waals surface area contributed by atoms with Crippen molar-refractivity contribution in [1.29, 1.82) is 0 Å². The SMILES string of the molecule is COc1ccc(N(Cc2cccnc2OC)S(C)(=O)=O)cn1. The number of pyridine rings is 2. The zero-order valence-corrected chi connectivity index (χ0v) is 13.4. The van der Waals surface area contributed by atoms with Gasteiger partial charge in [-0.1, -0.05) is 6.07 Å². The molecule has 0 saturated carbocycles. The van der Waals surface area contributed by atoms with Crippen LogP contribution in [0.3, 0.4) is 0 Å². The van der Waals surface area contributed by atoms with Crippen LogP contribution in [0.5, 0.6) is 11.8 Å². The van der Waals surface area contributed by atoms with Gasteiger partial charge in [0.05, 0.1) is 38.9 Å². The molecule has 0 spiro atoms. The molecule has 0 N–H and O–H groups in total. The van der Waals surface area contributed by atoms with Crippen molar-refractivity contribution >= 4 is 15.7 Å². The third-order valence-corrected chi connectivity index (χ3v) is 4.12. The lowest BCUT2D eigenvalue weighted by Crippen LogP contribution is -2.29. The van der Waals surface area contributed by atoms with Crippen LogP contribution >= 0.6 is 0 Å². The molecule has 0 fully saturated rings. The molecule has 2 heterocycles. The Hall–Kier alpha value is -2.35. The van der Waals surface area contributed by atoms with Crippen molar-refractivity contribution in [2.24, 2.45) is 0 Å². The van der Waals surface area contributed by atoms with E-state index in [4.69, 9.17) is 9.47 Å². The highest BCUT2D eigenvalue weighted by Gasteiger charge is 2.20. The number of ether oxygens (including phenoxy) is 2. The van der Waals surface area contributed by atoms with Gasteiger partial charge >= 0.3 is 0 Å². The van der Waals surface area contributed by atoms with E-state index in [0.29, 0.717) is 23.0 Å². The molecule has 118 valence electrons. The number of sulfonamides is 1. The maximum Gasteiger partial charge on any atom is 0.232 e. The Morgan fingerprint density at radius 1 is 1.14 bits per heavy atom. The second-order valence-electron chi connectivity index (χ2n) is 4.50. The maximum absolute atomic E-state index is 12.1. The first-order chi connectivity index (χ1) is 10.5. The third kappa shape index (κ3) is 3.64. The molecule has 22 heavy (non-hydrogen) atoms. The third-order valence-electron chi connectivity index (χ3n) is 2.98. The van der Waals surface area contributed by atoms with Crippen LogP contribution in [0.1, 0.15) is 5.56 Å². The summed E-state index contributed by atoms with van der Waals surface area (Å²) in [5.41, 5.74) is 1.10. The summed E-state index contributed by atoms with van der Waals surface area (Å²) in [6, 6.07) is 6.73. The summed E-state index contributed by atoms with van der Waals surface area (Å²) in [6.07, 6.45) is 4.17. The zero-order valence-electron chi connectivity index (χ0n) is 12.6. The molecule has 0 aromatic carbocycles. The van der Waals surface area contributed by atoms with Crippen molar-refractivity contribution in [3.05, 3.63) is 42.2 Å². The average molecular weight is 323 g/mol. The average Bonchev–Trinajstić information content (AvgIpc) is 2.52. The Morgan fingerprint density at radius 3 is 2.45 bits per heavy atom. The molecule has 0 radical (unpaired) electrons. The number of aromatic nitrogens is 2. The minimum absolute atomic E-state index is 0.101. The van der Waals surface area contributed by atoms with Crippen molar-refractivity contribution in [2.45, 2.75) is 6.54 Å². The first kappa shape index (κ1) is 16.0. The molecule has 2 rings (SSSR count). The summed E-state index contributed by atoms with van der Waals surface area (Å²) in [4.78, 5) is 8.11. The fraction of sp³-hybridized carbons (Fsp3) is 0.286. The smallest absolute Gasteiger partial charge is 0.232 e. The van der Waals surface area contributed by atoms with Crippen molar-refractivity contribution in [2.75, 3.05) is 24.8 Å². The molecule has 7 nitrogen and oxygen atoms in total. The molecule has 0 atom stereocenters. The summed E-state index contributed by atoms with van der Waals surface area (Å²) in [7, 11) is -0.503. The molecular formula is C14H17N3O4S. The standard InChI is InChI=1S/C14H17N3O4S/c1-20-13-7-6-12(9-16-13)17(22(3,18)19)10-11-5-4-8-15-14(11)21-2/h4-9H,10H2,1-3H3. The quantitative estimate of drug-likeness (QED) is 0.800. The number of methoxy groups -OCH3 is 2. The molecule has 0 bridgehead atoms. The van der Waals surface area contributed by atoms with Gasteiger partial charge in [0.1, 0.15) is 0 Å². The largest absolute Gasteiger partial charge is 0.481 e. The van der Waals surface area contributed by atoms with E-state index >= 15 is 0 Å². The molecule has 0 unspecified atom stereocenters. The van der Waals surface area contributed by atoms with Gasteiger partial charge in [-0.2, -0.15) is 0 Å². The first-order valence-corrected chi connectivity index (χ1v) is 8.26. The van der Waals surface area contributed by atoms with E-state index in [9.17, 15) is 8.42 Å². The molecule has 2 aromatic heterocycles. The Bertz CT molecular complexity index is 732. The molecule has 0 aliphatic heterocycles. The lowest BCUT2D eigenvalue weighted by Gasteiger charge is -2.22. The van der Waals surface area contributed by atoms with Crippen molar-refractivity contribution in [3.8, 4) is 11.8 Å². The normalized spacial score (nSPS) is 11.0. The topological polar surface area (TPSA) is 81.6 Å². The number of hydrogen-bond acceptors (Lipinski definition) is 6. The highest BCUT2D eigenvalue weighted by Crippen LogP contribution is 2.24. The van der Waals surface area contributed by atoms with Gasteiger partial charge in [0, 0.05) is 17.8 Å². The van der Waals surface area contributed by atoms with Gasteiger partial charge in [-0.3, -0.25) is 4.31 Å². The van der Waals surface area contributed by atoms with Gasteiger partial charge in [-0.15, -0.1) is 0 Å². The Kier molecular flexibility index (Phi) is 4.81. The summed E-state index contributed by atoms with van der Waals surface area (Å²) in [6.45, 7) is 0.101. The van der Waals surface area contributed by atoms with Crippen LogP contribution in [-0.4, -0.2) is 38.9 Å².